The molecule has 18 heavy (non-hydrogen) atoms. The maximum atomic E-state index is 11.0. The Hall–Kier alpha value is -1.69. The highest BCUT2D eigenvalue weighted by Crippen LogP contribution is 2.31. The lowest BCUT2D eigenvalue weighted by molar-refractivity contribution is -0.384. The number of piperidine rings is 1. The fraction of sp³-hybridized carbons (Fsp3) is 0.583. The molecule has 98 valence electrons. The Morgan fingerprint density at radius 1 is 1.61 bits per heavy atom. The van der Waals surface area contributed by atoms with Gasteiger partial charge in [0.1, 0.15) is 11.9 Å². The lowest BCUT2D eigenvalue weighted by Crippen LogP contribution is -2.36. The number of hydrogen-bond acceptors (Lipinski definition) is 5. The molecule has 6 nitrogen and oxygen atoms in total. The van der Waals surface area contributed by atoms with Crippen LogP contribution in [0.1, 0.15) is 19.3 Å². The van der Waals surface area contributed by atoms with Crippen molar-refractivity contribution in [3.8, 4) is 0 Å². The van der Waals surface area contributed by atoms with Gasteiger partial charge in [0.05, 0.1) is 4.92 Å². The van der Waals surface area contributed by atoms with Crippen LogP contribution in [0.5, 0.6) is 0 Å². The minimum atomic E-state index is -0.366. The zero-order chi connectivity index (χ0) is 13.0. The fourth-order valence-electron chi connectivity index (χ4n) is 2.54. The van der Waals surface area contributed by atoms with Crippen LogP contribution in [0.25, 0.3) is 0 Å². The Balaban J connectivity index is 2.18. The highest BCUT2D eigenvalue weighted by molar-refractivity contribution is 5.61. The van der Waals surface area contributed by atoms with Gasteiger partial charge in [-0.25, -0.2) is 0 Å². The average Bonchev–Trinajstić information content (AvgIpc) is 2.39. The number of nitrogens with zero attached hydrogens (tertiary/aromatic N) is 3. The molecule has 0 spiro atoms. The standard InChI is InChI=1S/C12H18N4O2/c13-5-3-10-2-1-7-15(9-10)11-4-6-14-8-12(11)16(17)18/h4,6,8,10H,1-3,5,7,9,13H2. The number of pyridine rings is 1. The minimum Gasteiger partial charge on any atom is -0.366 e. The first-order chi connectivity index (χ1) is 8.72. The molecule has 1 aromatic heterocycles. The van der Waals surface area contributed by atoms with Gasteiger partial charge in [0.15, 0.2) is 0 Å². The van der Waals surface area contributed by atoms with Gasteiger partial charge in [-0.1, -0.05) is 0 Å². The van der Waals surface area contributed by atoms with Crippen molar-refractivity contribution in [2.45, 2.75) is 19.3 Å². The van der Waals surface area contributed by atoms with Crippen LogP contribution in [0.2, 0.25) is 0 Å². The summed E-state index contributed by atoms with van der Waals surface area (Å²) in [7, 11) is 0. The zero-order valence-corrected chi connectivity index (χ0v) is 10.3. The van der Waals surface area contributed by atoms with Crippen molar-refractivity contribution >= 4 is 11.4 Å². The summed E-state index contributed by atoms with van der Waals surface area (Å²) >= 11 is 0. The van der Waals surface area contributed by atoms with Crippen LogP contribution in [0.4, 0.5) is 11.4 Å². The summed E-state index contributed by atoms with van der Waals surface area (Å²) in [5.74, 6) is 0.538. The summed E-state index contributed by atoms with van der Waals surface area (Å²) in [6.45, 7) is 2.39. The van der Waals surface area contributed by atoms with Crippen molar-refractivity contribution in [2.24, 2.45) is 11.7 Å². The van der Waals surface area contributed by atoms with Crippen molar-refractivity contribution in [1.82, 2.24) is 4.98 Å². The second-order valence-electron chi connectivity index (χ2n) is 4.65. The third kappa shape index (κ3) is 2.76. The molecule has 2 rings (SSSR count). The van der Waals surface area contributed by atoms with Crippen molar-refractivity contribution in [3.05, 3.63) is 28.6 Å². The van der Waals surface area contributed by atoms with Gasteiger partial charge < -0.3 is 10.6 Å². The second-order valence-corrected chi connectivity index (χ2v) is 4.65. The highest BCUT2D eigenvalue weighted by atomic mass is 16.6. The van der Waals surface area contributed by atoms with Gasteiger partial charge in [0, 0.05) is 19.3 Å². The molecule has 0 amide bonds. The predicted octanol–water partition coefficient (Wildman–Crippen LogP) is 1.55. The number of aromatic nitrogens is 1. The first-order valence-corrected chi connectivity index (χ1v) is 6.25. The van der Waals surface area contributed by atoms with Crippen molar-refractivity contribution in [3.63, 3.8) is 0 Å². The monoisotopic (exact) mass is 250 g/mol. The normalized spacial score (nSPS) is 19.8. The van der Waals surface area contributed by atoms with E-state index in [-0.39, 0.29) is 10.6 Å². The fourth-order valence-corrected chi connectivity index (χ4v) is 2.54. The molecular formula is C12H18N4O2. The Morgan fingerprint density at radius 3 is 3.17 bits per heavy atom. The molecule has 2 N–H and O–H groups in total. The van der Waals surface area contributed by atoms with Crippen LogP contribution in [0.3, 0.4) is 0 Å². The van der Waals surface area contributed by atoms with E-state index in [1.54, 1.807) is 12.3 Å². The predicted molar refractivity (Wildman–Crippen MR) is 69.5 cm³/mol. The van der Waals surface area contributed by atoms with Gasteiger partial charge in [-0.15, -0.1) is 0 Å². The Labute approximate surface area is 106 Å². The van der Waals surface area contributed by atoms with Crippen LogP contribution < -0.4 is 10.6 Å². The SMILES string of the molecule is NCCC1CCCN(c2ccncc2[N+](=O)[O-])C1. The second kappa shape index (κ2) is 5.77. The van der Waals surface area contributed by atoms with E-state index in [4.69, 9.17) is 5.73 Å². The van der Waals surface area contributed by atoms with Gasteiger partial charge in [-0.2, -0.15) is 0 Å². The van der Waals surface area contributed by atoms with E-state index < -0.39 is 0 Å². The van der Waals surface area contributed by atoms with Crippen LogP contribution >= 0.6 is 0 Å². The van der Waals surface area contributed by atoms with Gasteiger partial charge in [-0.3, -0.25) is 15.1 Å². The molecule has 1 unspecified atom stereocenters. The topological polar surface area (TPSA) is 85.3 Å². The van der Waals surface area contributed by atoms with E-state index >= 15 is 0 Å². The summed E-state index contributed by atoms with van der Waals surface area (Å²) in [4.78, 5) is 16.5. The highest BCUT2D eigenvalue weighted by Gasteiger charge is 2.24. The number of nitro groups is 1. The lowest BCUT2D eigenvalue weighted by atomic mass is 9.94. The Morgan fingerprint density at radius 2 is 2.44 bits per heavy atom. The molecule has 0 aliphatic carbocycles. The number of nitrogens with two attached hydrogens (primary N) is 1. The van der Waals surface area contributed by atoms with Crippen molar-refractivity contribution in [1.29, 1.82) is 0 Å². The number of hydrogen-bond donors (Lipinski definition) is 1. The number of rotatable bonds is 4. The molecule has 0 aromatic carbocycles. The summed E-state index contributed by atoms with van der Waals surface area (Å²) in [6, 6.07) is 1.73. The summed E-state index contributed by atoms with van der Waals surface area (Å²) < 4.78 is 0. The van der Waals surface area contributed by atoms with Gasteiger partial charge in [0.25, 0.3) is 0 Å². The molecule has 2 heterocycles. The minimum absolute atomic E-state index is 0.0888. The van der Waals surface area contributed by atoms with Crippen LogP contribution in [-0.4, -0.2) is 29.5 Å². The first kappa shape index (κ1) is 12.8. The summed E-state index contributed by atoms with van der Waals surface area (Å²) in [5.41, 5.74) is 6.35. The maximum Gasteiger partial charge on any atom is 0.310 e. The molecular weight excluding hydrogens is 232 g/mol. The van der Waals surface area contributed by atoms with E-state index in [0.717, 1.165) is 32.4 Å². The summed E-state index contributed by atoms with van der Waals surface area (Å²) in [5, 5.41) is 11.0. The molecule has 0 radical (unpaired) electrons. The molecule has 1 saturated heterocycles. The molecule has 1 aliphatic heterocycles. The largest absolute Gasteiger partial charge is 0.366 e. The third-order valence-corrected chi connectivity index (χ3v) is 3.41. The molecule has 1 fully saturated rings. The maximum absolute atomic E-state index is 11.0. The van der Waals surface area contributed by atoms with E-state index in [1.165, 1.54) is 6.20 Å². The smallest absolute Gasteiger partial charge is 0.310 e. The molecule has 1 aromatic rings. The summed E-state index contributed by atoms with van der Waals surface area (Å²) in [6.07, 6.45) is 6.13. The molecule has 6 heteroatoms. The first-order valence-electron chi connectivity index (χ1n) is 6.25. The number of anilines is 1. The van der Waals surface area contributed by atoms with E-state index in [1.807, 2.05) is 0 Å². The van der Waals surface area contributed by atoms with Crippen LogP contribution in [0, 0.1) is 16.0 Å². The van der Waals surface area contributed by atoms with E-state index in [2.05, 4.69) is 9.88 Å². The molecule has 1 aliphatic rings. The van der Waals surface area contributed by atoms with Gasteiger partial charge >= 0.3 is 5.69 Å². The lowest BCUT2D eigenvalue weighted by Gasteiger charge is -2.33. The van der Waals surface area contributed by atoms with E-state index in [9.17, 15) is 10.1 Å². The van der Waals surface area contributed by atoms with Crippen molar-refractivity contribution in [2.75, 3.05) is 24.5 Å². The Bertz CT molecular complexity index is 422. The zero-order valence-electron chi connectivity index (χ0n) is 10.3. The van der Waals surface area contributed by atoms with E-state index in [0.29, 0.717) is 18.2 Å². The van der Waals surface area contributed by atoms with Gasteiger partial charge in [-0.05, 0) is 37.8 Å². The molecule has 1 atom stereocenters. The average molecular weight is 250 g/mol. The van der Waals surface area contributed by atoms with Crippen molar-refractivity contribution < 1.29 is 4.92 Å². The van der Waals surface area contributed by atoms with Crippen LogP contribution in [-0.2, 0) is 0 Å². The molecule has 0 saturated carbocycles. The third-order valence-electron chi connectivity index (χ3n) is 3.41. The van der Waals surface area contributed by atoms with Gasteiger partial charge in [0.2, 0.25) is 0 Å². The molecule has 0 bridgehead atoms. The van der Waals surface area contributed by atoms with Crippen LogP contribution in [0.15, 0.2) is 18.5 Å². The Kier molecular flexibility index (Phi) is 4.09. The quantitative estimate of drug-likeness (QED) is 0.647.